The van der Waals surface area contributed by atoms with Crippen molar-refractivity contribution >= 4 is 0 Å². The van der Waals surface area contributed by atoms with E-state index < -0.39 is 11.9 Å². The first-order valence-electron chi connectivity index (χ1n) is 23.8. The standard InChI is InChI=1S/2C27H17F2N2.C9H5F3N3.Ir/c2*28-22-13-7-15-24(17-22)30-19-31(25-16-8-14-23(29)18-25)27(21-11-5-2-6-12-21)26(30)20-9-3-1-4-10-20;10-9(11,12)8-5-7(14-15-8)6-3-1-2-4-13-6;/h2*1-15,17-18H;1-5H;/q3*-1;. The average Bonchev–Trinajstić information content (AvgIpc) is 4.29. The molecule has 15 heteroatoms. The van der Waals surface area contributed by atoms with E-state index in [1.54, 1.807) is 60.7 Å². The zero-order chi connectivity index (χ0) is 53.3. The van der Waals surface area contributed by atoms with Crippen molar-refractivity contribution in [1.29, 1.82) is 0 Å². The van der Waals surface area contributed by atoms with Crippen molar-refractivity contribution in [1.82, 2.24) is 24.3 Å². The molecule has 7 nitrogen and oxygen atoms in total. The fraction of sp³-hybridized carbons (Fsp3) is 0.0159. The van der Waals surface area contributed by atoms with E-state index in [0.29, 0.717) is 28.4 Å². The fourth-order valence-corrected chi connectivity index (χ4v) is 8.41. The van der Waals surface area contributed by atoms with Gasteiger partial charge in [0.1, 0.15) is 17.3 Å². The molecule has 0 saturated heterocycles. The Morgan fingerprint density at radius 1 is 0.436 bits per heavy atom. The van der Waals surface area contributed by atoms with Gasteiger partial charge in [-0.1, -0.05) is 145 Å². The van der Waals surface area contributed by atoms with Crippen molar-refractivity contribution in [3.05, 3.63) is 290 Å². The van der Waals surface area contributed by atoms with E-state index in [4.69, 9.17) is 0 Å². The molecule has 0 aliphatic carbocycles. The number of alkyl halides is 3. The molecule has 0 amide bonds. The van der Waals surface area contributed by atoms with Gasteiger partial charge in [-0.15, -0.1) is 24.3 Å². The number of imidazole rings is 2. The molecule has 1 radical (unpaired) electrons. The molecule has 4 aromatic heterocycles. The summed E-state index contributed by atoms with van der Waals surface area (Å²) in [5.41, 5.74) is 8.69. The van der Waals surface area contributed by atoms with Crippen LogP contribution in [-0.4, -0.2) is 19.2 Å². The third kappa shape index (κ3) is 12.2. The molecule has 0 atom stereocenters. The Bertz CT molecular complexity index is 3490. The van der Waals surface area contributed by atoms with Gasteiger partial charge in [0.15, 0.2) is 0 Å². The quantitative estimate of drug-likeness (QED) is 0.0822. The summed E-state index contributed by atoms with van der Waals surface area (Å²) in [5.74, 6) is -1.42. The van der Waals surface area contributed by atoms with Crippen molar-refractivity contribution in [3.63, 3.8) is 0 Å². The molecule has 0 unspecified atom stereocenters. The third-order valence-corrected chi connectivity index (χ3v) is 11.8. The SMILES string of the molecule is FC(F)(F)c1cc(-c2ccccn2)[n-]n1.Fc1cc[c-]c(-n2[c-][n+](-c3cccc(F)c3)c(-c3ccccc3)c2-c2ccccc2)c1.Fc1cc[c-]c(-n2[c-][n+](-c3cccc(F)c3)c(-c3ccccc3)c2-c2ccccc2)c1.[Ir]. The predicted molar refractivity (Wildman–Crippen MR) is 277 cm³/mol. The summed E-state index contributed by atoms with van der Waals surface area (Å²) >= 11 is 0. The van der Waals surface area contributed by atoms with Gasteiger partial charge in [-0.25, -0.2) is 17.6 Å². The monoisotopic (exact) mass is 1220 g/mol. The minimum atomic E-state index is -4.46. The number of hydrogen-bond acceptors (Lipinski definition) is 2. The number of rotatable bonds is 9. The molecule has 0 fully saturated rings. The Morgan fingerprint density at radius 2 is 0.846 bits per heavy atom. The van der Waals surface area contributed by atoms with Crippen LogP contribution in [0.3, 0.4) is 0 Å². The average molecular weight is 1220 g/mol. The van der Waals surface area contributed by atoms with E-state index in [9.17, 15) is 30.7 Å². The first-order chi connectivity index (χ1) is 37.5. The molecule has 0 spiro atoms. The van der Waals surface area contributed by atoms with Crippen LogP contribution in [0.2, 0.25) is 0 Å². The third-order valence-electron chi connectivity index (χ3n) is 11.8. The van der Waals surface area contributed by atoms with E-state index in [0.717, 1.165) is 51.1 Å². The first-order valence-corrected chi connectivity index (χ1v) is 23.8. The largest absolute Gasteiger partial charge is 0.573 e. The van der Waals surface area contributed by atoms with Gasteiger partial charge >= 0.3 is 6.18 Å². The summed E-state index contributed by atoms with van der Waals surface area (Å²) in [6.07, 6.45) is 3.63. The number of halogens is 7. The minimum absolute atomic E-state index is 0. The molecule has 78 heavy (non-hydrogen) atoms. The Morgan fingerprint density at radius 3 is 1.22 bits per heavy atom. The molecule has 0 bridgehead atoms. The Labute approximate surface area is 457 Å². The van der Waals surface area contributed by atoms with Gasteiger partial charge in [-0.2, -0.15) is 37.4 Å². The molecule has 12 aromatic rings. The minimum Gasteiger partial charge on any atom is -0.573 e. The zero-order valence-corrected chi connectivity index (χ0v) is 43.0. The van der Waals surface area contributed by atoms with Crippen molar-refractivity contribution in [2.24, 2.45) is 0 Å². The van der Waals surface area contributed by atoms with Gasteiger partial charge in [0.2, 0.25) is 0 Å². The van der Waals surface area contributed by atoms with Crippen molar-refractivity contribution < 1.29 is 60.0 Å². The molecule has 0 aliphatic heterocycles. The van der Waals surface area contributed by atoms with Crippen LogP contribution in [-0.2, 0) is 26.3 Å². The molecular weight excluding hydrogens is 1180 g/mol. The summed E-state index contributed by atoms with van der Waals surface area (Å²) in [6, 6.07) is 72.6. The predicted octanol–water partition coefficient (Wildman–Crippen LogP) is 14.1. The second kappa shape index (κ2) is 24.1. The van der Waals surface area contributed by atoms with Crippen LogP contribution in [0.5, 0.6) is 0 Å². The van der Waals surface area contributed by atoms with Gasteiger partial charge < -0.3 is 19.3 Å². The molecule has 0 saturated carbocycles. The van der Waals surface area contributed by atoms with Gasteiger partial charge in [-0.3, -0.25) is 14.1 Å². The topological polar surface area (TPSA) is 57.5 Å². The van der Waals surface area contributed by atoms with E-state index in [1.807, 2.05) is 133 Å². The van der Waals surface area contributed by atoms with E-state index in [-0.39, 0.29) is 49.1 Å². The summed E-state index contributed by atoms with van der Waals surface area (Å²) in [4.78, 5) is 3.87. The van der Waals surface area contributed by atoms with Crippen LogP contribution < -0.4 is 14.2 Å². The molecule has 0 N–H and O–H groups in total. The molecule has 12 rings (SSSR count). The van der Waals surface area contributed by atoms with Gasteiger partial charge in [0.25, 0.3) is 12.7 Å². The van der Waals surface area contributed by atoms with Gasteiger partial charge in [0, 0.05) is 43.6 Å². The molecule has 387 valence electrons. The van der Waals surface area contributed by atoms with Crippen LogP contribution in [0.4, 0.5) is 30.7 Å². The van der Waals surface area contributed by atoms with Crippen molar-refractivity contribution in [3.8, 4) is 79.2 Å². The number of aromatic nitrogens is 7. The first kappa shape index (κ1) is 53.5. The van der Waals surface area contributed by atoms with Crippen LogP contribution in [0.25, 0.3) is 79.2 Å². The number of pyridine rings is 1. The molecule has 4 heterocycles. The van der Waals surface area contributed by atoms with Gasteiger partial charge in [-0.05, 0) is 88.2 Å². The van der Waals surface area contributed by atoms with E-state index in [2.05, 4.69) is 40.0 Å². The summed E-state index contributed by atoms with van der Waals surface area (Å²) < 4.78 is 100. The molecule has 8 aromatic carbocycles. The van der Waals surface area contributed by atoms with Crippen LogP contribution >= 0.6 is 0 Å². The van der Waals surface area contributed by atoms with Crippen molar-refractivity contribution in [2.75, 3.05) is 0 Å². The maximum Gasteiger partial charge on any atom is 0.431 e. The Balaban J connectivity index is 0.000000150. The number of nitrogens with zero attached hydrogens (tertiary/aromatic N) is 7. The van der Waals surface area contributed by atoms with E-state index in [1.165, 1.54) is 54.7 Å². The zero-order valence-electron chi connectivity index (χ0n) is 40.6. The summed E-state index contributed by atoms with van der Waals surface area (Å²) in [7, 11) is 0. The number of hydrogen-bond donors (Lipinski definition) is 0. The van der Waals surface area contributed by atoms with Crippen molar-refractivity contribution in [2.45, 2.75) is 6.18 Å². The second-order valence-electron chi connectivity index (χ2n) is 17.0. The maximum atomic E-state index is 14.1. The summed E-state index contributed by atoms with van der Waals surface area (Å²) in [5, 5.41) is 6.47. The van der Waals surface area contributed by atoms with Crippen LogP contribution in [0, 0.1) is 48.1 Å². The Hall–Kier alpha value is -9.30. The van der Waals surface area contributed by atoms with Gasteiger partial charge in [0.05, 0.1) is 34.2 Å². The fourth-order valence-electron chi connectivity index (χ4n) is 8.41. The smallest absolute Gasteiger partial charge is 0.431 e. The molecular formula is C63H39F7IrN7-3. The van der Waals surface area contributed by atoms with Crippen LogP contribution in [0.15, 0.2) is 237 Å². The molecule has 0 aliphatic rings. The second-order valence-corrected chi connectivity index (χ2v) is 17.0. The maximum absolute atomic E-state index is 14.1. The van der Waals surface area contributed by atoms with E-state index >= 15 is 0 Å². The van der Waals surface area contributed by atoms with Crippen LogP contribution in [0.1, 0.15) is 5.69 Å². The Kier molecular flexibility index (Phi) is 16.6. The normalized spacial score (nSPS) is 10.9. The number of benzene rings is 8. The summed E-state index contributed by atoms with van der Waals surface area (Å²) in [6.45, 7) is 0.